The second-order valence-corrected chi connectivity index (χ2v) is 4.51. The Morgan fingerprint density at radius 2 is 2.06 bits per heavy atom. The van der Waals surface area contributed by atoms with Crippen LogP contribution in [-0.2, 0) is 9.53 Å². The van der Waals surface area contributed by atoms with Crippen LogP contribution in [-0.4, -0.2) is 47.9 Å². The van der Waals surface area contributed by atoms with Crippen molar-refractivity contribution >= 4 is 5.97 Å². The monoisotopic (exact) mass is 230 g/mol. The van der Waals surface area contributed by atoms with E-state index >= 15 is 0 Å². The number of hydrogen-bond acceptors (Lipinski definition) is 4. The fourth-order valence-corrected chi connectivity index (χ4v) is 2.19. The number of carbonyl (C=O) groups is 1. The fraction of sp³-hybridized carbons (Fsp3) is 0.909. The molecule has 0 radical (unpaired) electrons. The third-order valence-electron chi connectivity index (χ3n) is 3.13. The molecule has 1 aliphatic heterocycles. The highest BCUT2D eigenvalue weighted by Crippen LogP contribution is 2.20. The zero-order valence-corrected chi connectivity index (χ0v) is 10.3. The first-order valence-electron chi connectivity index (χ1n) is 5.82. The molecule has 0 aliphatic carbocycles. The second kappa shape index (κ2) is 6.18. The molecule has 0 amide bonds. The minimum absolute atomic E-state index is 0.186. The van der Waals surface area contributed by atoms with Gasteiger partial charge in [-0.3, -0.25) is 4.79 Å². The number of hydrazine groups is 1. The van der Waals surface area contributed by atoms with Crippen LogP contribution in [0.2, 0.25) is 0 Å². The summed E-state index contributed by atoms with van der Waals surface area (Å²) >= 11 is 0. The molecule has 0 aromatic heterocycles. The molecule has 94 valence electrons. The summed E-state index contributed by atoms with van der Waals surface area (Å²) in [5.41, 5.74) is 3.06. The summed E-state index contributed by atoms with van der Waals surface area (Å²) in [5, 5.41) is 11.1. The first-order valence-corrected chi connectivity index (χ1v) is 5.82. The highest BCUT2D eigenvalue weighted by Gasteiger charge is 2.29. The SMILES string of the molecule is COCC(NN1C(C)CCCC1C)C(=O)O. The van der Waals surface area contributed by atoms with E-state index in [-0.39, 0.29) is 6.61 Å². The normalized spacial score (nSPS) is 28.9. The van der Waals surface area contributed by atoms with Gasteiger partial charge in [-0.25, -0.2) is 10.4 Å². The van der Waals surface area contributed by atoms with Gasteiger partial charge in [0.2, 0.25) is 0 Å². The van der Waals surface area contributed by atoms with E-state index < -0.39 is 12.0 Å². The van der Waals surface area contributed by atoms with E-state index in [0.717, 1.165) is 12.8 Å². The van der Waals surface area contributed by atoms with E-state index in [9.17, 15) is 4.79 Å². The molecule has 0 spiro atoms. The Balaban J connectivity index is 2.57. The summed E-state index contributed by atoms with van der Waals surface area (Å²) in [5.74, 6) is -0.869. The molecule has 1 fully saturated rings. The Hall–Kier alpha value is -0.650. The smallest absolute Gasteiger partial charge is 0.324 e. The molecule has 5 nitrogen and oxygen atoms in total. The van der Waals surface area contributed by atoms with Crippen LogP contribution in [0.15, 0.2) is 0 Å². The van der Waals surface area contributed by atoms with Gasteiger partial charge >= 0.3 is 5.97 Å². The molecule has 0 bridgehead atoms. The summed E-state index contributed by atoms with van der Waals surface area (Å²) in [6.07, 6.45) is 3.43. The number of methoxy groups -OCH3 is 1. The predicted molar refractivity (Wildman–Crippen MR) is 61.0 cm³/mol. The number of rotatable bonds is 5. The maximum Gasteiger partial charge on any atom is 0.324 e. The van der Waals surface area contributed by atoms with Crippen LogP contribution in [0.5, 0.6) is 0 Å². The molecule has 1 rings (SSSR count). The van der Waals surface area contributed by atoms with E-state index in [0.29, 0.717) is 12.1 Å². The number of nitrogens with zero attached hydrogens (tertiary/aromatic N) is 1. The van der Waals surface area contributed by atoms with Gasteiger partial charge in [-0.1, -0.05) is 6.42 Å². The van der Waals surface area contributed by atoms with E-state index in [1.54, 1.807) is 0 Å². The third-order valence-corrected chi connectivity index (χ3v) is 3.13. The summed E-state index contributed by atoms with van der Waals surface area (Å²) in [6, 6.07) is 0.0953. The van der Waals surface area contributed by atoms with Gasteiger partial charge in [-0.15, -0.1) is 0 Å². The van der Waals surface area contributed by atoms with Gasteiger partial charge < -0.3 is 9.84 Å². The lowest BCUT2D eigenvalue weighted by Crippen LogP contribution is -2.58. The molecule has 2 N–H and O–H groups in total. The Labute approximate surface area is 96.7 Å². The average molecular weight is 230 g/mol. The molecule has 1 heterocycles. The van der Waals surface area contributed by atoms with Crippen LogP contribution in [0.1, 0.15) is 33.1 Å². The van der Waals surface area contributed by atoms with Crippen molar-refractivity contribution in [1.29, 1.82) is 0 Å². The molecule has 0 aromatic rings. The third kappa shape index (κ3) is 3.43. The average Bonchev–Trinajstić information content (AvgIpc) is 2.21. The molecular formula is C11H22N2O3. The molecule has 5 heteroatoms. The van der Waals surface area contributed by atoms with Crippen molar-refractivity contribution in [3.63, 3.8) is 0 Å². The van der Waals surface area contributed by atoms with Crippen molar-refractivity contribution in [3.8, 4) is 0 Å². The number of ether oxygens (including phenoxy) is 1. The van der Waals surface area contributed by atoms with Crippen molar-refractivity contribution < 1.29 is 14.6 Å². The summed E-state index contributed by atoms with van der Waals surface area (Å²) in [6.45, 7) is 4.42. The predicted octanol–water partition coefficient (Wildman–Crippen LogP) is 0.853. The Bertz CT molecular complexity index is 225. The first-order chi connectivity index (χ1) is 7.56. The summed E-state index contributed by atoms with van der Waals surface area (Å²) < 4.78 is 4.91. The number of nitrogens with one attached hydrogen (secondary N) is 1. The lowest BCUT2D eigenvalue weighted by Gasteiger charge is -2.40. The maximum atomic E-state index is 11.0. The van der Waals surface area contributed by atoms with E-state index in [4.69, 9.17) is 9.84 Å². The van der Waals surface area contributed by atoms with Gasteiger partial charge in [-0.2, -0.15) is 0 Å². The maximum absolute atomic E-state index is 11.0. The summed E-state index contributed by atoms with van der Waals surface area (Å²) in [7, 11) is 1.51. The molecular weight excluding hydrogens is 208 g/mol. The Morgan fingerprint density at radius 3 is 2.50 bits per heavy atom. The number of aliphatic carboxylic acids is 1. The van der Waals surface area contributed by atoms with Gasteiger partial charge in [-0.05, 0) is 26.7 Å². The van der Waals surface area contributed by atoms with Gasteiger partial charge in [0.25, 0.3) is 0 Å². The van der Waals surface area contributed by atoms with Crippen LogP contribution in [0.3, 0.4) is 0 Å². The topological polar surface area (TPSA) is 61.8 Å². The van der Waals surface area contributed by atoms with Gasteiger partial charge in [0.15, 0.2) is 0 Å². The van der Waals surface area contributed by atoms with Crippen LogP contribution in [0, 0.1) is 0 Å². The van der Waals surface area contributed by atoms with Crippen molar-refractivity contribution in [2.45, 2.75) is 51.2 Å². The van der Waals surface area contributed by atoms with Crippen molar-refractivity contribution in [2.24, 2.45) is 0 Å². The second-order valence-electron chi connectivity index (χ2n) is 4.51. The standard InChI is InChI=1S/C11H22N2O3/c1-8-5-4-6-9(2)13(8)12-10(7-16-3)11(14)15/h8-10,12H,4-7H2,1-3H3,(H,14,15). The molecule has 1 aliphatic rings. The minimum Gasteiger partial charge on any atom is -0.480 e. The highest BCUT2D eigenvalue weighted by atomic mass is 16.5. The molecule has 3 atom stereocenters. The molecule has 3 unspecified atom stereocenters. The Kier molecular flexibility index (Phi) is 5.18. The van der Waals surface area contributed by atoms with Gasteiger partial charge in [0.1, 0.15) is 6.04 Å². The Morgan fingerprint density at radius 1 is 1.50 bits per heavy atom. The number of hydrogen-bond donors (Lipinski definition) is 2. The zero-order valence-electron chi connectivity index (χ0n) is 10.3. The zero-order chi connectivity index (χ0) is 12.1. The largest absolute Gasteiger partial charge is 0.480 e. The van der Waals surface area contributed by atoms with Gasteiger partial charge in [0.05, 0.1) is 6.61 Å². The van der Waals surface area contributed by atoms with E-state index in [2.05, 4.69) is 24.3 Å². The first kappa shape index (κ1) is 13.4. The minimum atomic E-state index is -0.869. The fourth-order valence-electron chi connectivity index (χ4n) is 2.19. The number of piperidine rings is 1. The van der Waals surface area contributed by atoms with Crippen molar-refractivity contribution in [1.82, 2.24) is 10.4 Å². The summed E-state index contributed by atoms with van der Waals surface area (Å²) in [4.78, 5) is 11.0. The van der Waals surface area contributed by atoms with E-state index in [1.807, 2.05) is 0 Å². The quantitative estimate of drug-likeness (QED) is 0.733. The lowest BCUT2D eigenvalue weighted by molar-refractivity contribution is -0.144. The van der Waals surface area contributed by atoms with Crippen molar-refractivity contribution in [3.05, 3.63) is 0 Å². The van der Waals surface area contributed by atoms with E-state index in [1.165, 1.54) is 13.5 Å². The van der Waals surface area contributed by atoms with Crippen LogP contribution < -0.4 is 5.43 Å². The van der Waals surface area contributed by atoms with Gasteiger partial charge in [0, 0.05) is 19.2 Å². The molecule has 16 heavy (non-hydrogen) atoms. The van der Waals surface area contributed by atoms with Crippen LogP contribution >= 0.6 is 0 Å². The molecule has 0 aromatic carbocycles. The number of carboxylic acid groups (broad SMARTS) is 1. The highest BCUT2D eigenvalue weighted by molar-refractivity contribution is 5.73. The number of carboxylic acids is 1. The van der Waals surface area contributed by atoms with Crippen LogP contribution in [0.4, 0.5) is 0 Å². The van der Waals surface area contributed by atoms with Crippen molar-refractivity contribution in [2.75, 3.05) is 13.7 Å². The van der Waals surface area contributed by atoms with Crippen LogP contribution in [0.25, 0.3) is 0 Å². The molecule has 0 saturated carbocycles. The lowest BCUT2D eigenvalue weighted by atomic mass is 10.00. The molecule has 1 saturated heterocycles.